The van der Waals surface area contributed by atoms with E-state index in [4.69, 9.17) is 9.47 Å². The van der Waals surface area contributed by atoms with Crippen LogP contribution in [0.3, 0.4) is 0 Å². The van der Waals surface area contributed by atoms with Crippen molar-refractivity contribution >= 4 is 28.4 Å². The Morgan fingerprint density at radius 3 is 2.58 bits per heavy atom. The van der Waals surface area contributed by atoms with Crippen molar-refractivity contribution in [2.24, 2.45) is 7.05 Å². The number of carbonyl (C=O) groups excluding carboxylic acids is 1. The SMILES string of the molecule is COc1ccc(C(=O)NC(CCCN2CCC(Sc3nccn3C)CC2)c2ccc3ccccc3c2)c(OC)c1. The normalized spacial score (nSPS) is 15.2. The molecule has 40 heavy (non-hydrogen) atoms. The number of thioether (sulfide) groups is 1. The van der Waals surface area contributed by atoms with Gasteiger partial charge in [-0.05, 0) is 79.9 Å². The first-order chi connectivity index (χ1) is 19.5. The van der Waals surface area contributed by atoms with Crippen LogP contribution in [0.1, 0.15) is 47.6 Å². The van der Waals surface area contributed by atoms with Crippen molar-refractivity contribution in [2.45, 2.75) is 42.1 Å². The Balaban J connectivity index is 1.24. The summed E-state index contributed by atoms with van der Waals surface area (Å²) >= 11 is 1.90. The predicted octanol–water partition coefficient (Wildman–Crippen LogP) is 6.10. The Labute approximate surface area is 240 Å². The molecule has 1 aromatic heterocycles. The van der Waals surface area contributed by atoms with E-state index in [0.29, 0.717) is 22.3 Å². The lowest BCUT2D eigenvalue weighted by Crippen LogP contribution is -2.36. The van der Waals surface area contributed by atoms with Crippen LogP contribution in [0.4, 0.5) is 0 Å². The molecule has 5 rings (SSSR count). The summed E-state index contributed by atoms with van der Waals surface area (Å²) in [7, 11) is 5.23. The van der Waals surface area contributed by atoms with E-state index < -0.39 is 0 Å². The number of hydrogen-bond acceptors (Lipinski definition) is 6. The lowest BCUT2D eigenvalue weighted by Gasteiger charge is -2.31. The highest BCUT2D eigenvalue weighted by atomic mass is 32.2. The predicted molar refractivity (Wildman–Crippen MR) is 161 cm³/mol. The number of hydrogen-bond donors (Lipinski definition) is 1. The Hall–Kier alpha value is -3.49. The number of benzene rings is 3. The summed E-state index contributed by atoms with van der Waals surface area (Å²) in [6, 6.07) is 20.0. The molecule has 1 amide bonds. The van der Waals surface area contributed by atoms with E-state index in [-0.39, 0.29) is 11.9 Å². The molecule has 1 fully saturated rings. The number of likely N-dealkylation sites (tertiary alicyclic amines) is 1. The first-order valence-corrected chi connectivity index (χ1v) is 14.8. The van der Waals surface area contributed by atoms with E-state index >= 15 is 0 Å². The monoisotopic (exact) mass is 558 g/mol. The molecule has 210 valence electrons. The number of piperidine rings is 1. The van der Waals surface area contributed by atoms with Gasteiger partial charge in [0.1, 0.15) is 11.5 Å². The van der Waals surface area contributed by atoms with Gasteiger partial charge < -0.3 is 24.3 Å². The van der Waals surface area contributed by atoms with Crippen molar-refractivity contribution in [1.29, 1.82) is 0 Å². The molecule has 1 aliphatic rings. The van der Waals surface area contributed by atoms with E-state index in [0.717, 1.165) is 43.2 Å². The van der Waals surface area contributed by atoms with Gasteiger partial charge in [0.05, 0.1) is 25.8 Å². The summed E-state index contributed by atoms with van der Waals surface area (Å²) in [5, 5.41) is 7.39. The zero-order chi connectivity index (χ0) is 27.9. The molecule has 0 bridgehead atoms. The summed E-state index contributed by atoms with van der Waals surface area (Å²) in [6.45, 7) is 3.21. The number of imidazole rings is 1. The summed E-state index contributed by atoms with van der Waals surface area (Å²) in [5.74, 6) is 1.01. The molecular weight excluding hydrogens is 520 g/mol. The maximum Gasteiger partial charge on any atom is 0.255 e. The fourth-order valence-corrected chi connectivity index (χ4v) is 6.45. The largest absolute Gasteiger partial charge is 0.497 e. The van der Waals surface area contributed by atoms with Crippen molar-refractivity contribution in [3.8, 4) is 11.5 Å². The molecule has 0 aliphatic carbocycles. The van der Waals surface area contributed by atoms with Crippen LogP contribution in [-0.2, 0) is 7.05 Å². The fourth-order valence-electron chi connectivity index (χ4n) is 5.35. The number of ether oxygens (including phenoxy) is 2. The molecule has 2 heterocycles. The van der Waals surface area contributed by atoms with Crippen molar-refractivity contribution in [1.82, 2.24) is 19.8 Å². The second-order valence-corrected chi connectivity index (χ2v) is 11.6. The minimum atomic E-state index is -0.148. The molecular formula is C32H38N4O3S. The van der Waals surface area contributed by atoms with E-state index in [2.05, 4.69) is 69.3 Å². The quantitative estimate of drug-likeness (QED) is 0.240. The van der Waals surface area contributed by atoms with Gasteiger partial charge in [0, 0.05) is 30.8 Å². The lowest BCUT2D eigenvalue weighted by atomic mass is 9.97. The summed E-state index contributed by atoms with van der Waals surface area (Å²) < 4.78 is 12.9. The number of fused-ring (bicyclic) bond motifs is 1. The number of aryl methyl sites for hydroxylation is 1. The first kappa shape index (κ1) is 28.1. The van der Waals surface area contributed by atoms with Gasteiger partial charge >= 0.3 is 0 Å². The van der Waals surface area contributed by atoms with E-state index in [9.17, 15) is 4.79 Å². The van der Waals surface area contributed by atoms with Crippen LogP contribution in [0.15, 0.2) is 78.2 Å². The summed E-state index contributed by atoms with van der Waals surface area (Å²) in [4.78, 5) is 20.5. The third kappa shape index (κ3) is 6.80. The third-order valence-electron chi connectivity index (χ3n) is 7.69. The maximum absolute atomic E-state index is 13.5. The minimum absolute atomic E-state index is 0.111. The zero-order valence-corrected chi connectivity index (χ0v) is 24.3. The van der Waals surface area contributed by atoms with Crippen LogP contribution >= 0.6 is 11.8 Å². The Morgan fingerprint density at radius 1 is 1.05 bits per heavy atom. The van der Waals surface area contributed by atoms with Crippen LogP contribution in [-0.4, -0.2) is 59.5 Å². The fraction of sp³-hybridized carbons (Fsp3) is 0.375. The van der Waals surface area contributed by atoms with Crippen LogP contribution in [0.25, 0.3) is 10.8 Å². The van der Waals surface area contributed by atoms with Gasteiger partial charge in [0.2, 0.25) is 0 Å². The number of nitrogens with one attached hydrogen (secondary N) is 1. The van der Waals surface area contributed by atoms with Crippen molar-refractivity contribution in [3.05, 3.63) is 84.2 Å². The number of methoxy groups -OCH3 is 2. The Bertz CT molecular complexity index is 1430. The molecule has 0 saturated carbocycles. The highest BCUT2D eigenvalue weighted by Crippen LogP contribution is 2.30. The highest BCUT2D eigenvalue weighted by Gasteiger charge is 2.23. The molecule has 1 atom stereocenters. The van der Waals surface area contributed by atoms with Crippen molar-refractivity contribution in [2.75, 3.05) is 33.9 Å². The molecule has 1 unspecified atom stereocenters. The van der Waals surface area contributed by atoms with Gasteiger partial charge in [0.25, 0.3) is 5.91 Å². The number of aromatic nitrogens is 2. The third-order valence-corrected chi connectivity index (χ3v) is 9.09. The second kappa shape index (κ2) is 13.2. The van der Waals surface area contributed by atoms with Gasteiger partial charge in [-0.25, -0.2) is 4.98 Å². The Kier molecular flexibility index (Phi) is 9.29. The van der Waals surface area contributed by atoms with E-state index in [1.807, 2.05) is 24.2 Å². The number of carbonyl (C=O) groups is 1. The summed E-state index contributed by atoms with van der Waals surface area (Å²) in [5.41, 5.74) is 1.62. The van der Waals surface area contributed by atoms with Crippen LogP contribution in [0, 0.1) is 0 Å². The van der Waals surface area contributed by atoms with Gasteiger partial charge in [-0.3, -0.25) is 4.79 Å². The zero-order valence-electron chi connectivity index (χ0n) is 23.5. The molecule has 0 radical (unpaired) electrons. The summed E-state index contributed by atoms with van der Waals surface area (Å²) in [6.07, 6.45) is 8.05. The van der Waals surface area contributed by atoms with Crippen LogP contribution < -0.4 is 14.8 Å². The molecule has 0 spiro atoms. The number of nitrogens with zero attached hydrogens (tertiary/aromatic N) is 3. The molecule has 4 aromatic rings. The van der Waals surface area contributed by atoms with Crippen molar-refractivity contribution in [3.63, 3.8) is 0 Å². The van der Waals surface area contributed by atoms with Crippen molar-refractivity contribution < 1.29 is 14.3 Å². The van der Waals surface area contributed by atoms with E-state index in [1.54, 1.807) is 32.4 Å². The second-order valence-electron chi connectivity index (χ2n) is 10.3. The van der Waals surface area contributed by atoms with Gasteiger partial charge in [0.15, 0.2) is 5.16 Å². The molecule has 1 N–H and O–H groups in total. The minimum Gasteiger partial charge on any atom is -0.497 e. The first-order valence-electron chi connectivity index (χ1n) is 13.9. The molecule has 7 nitrogen and oxygen atoms in total. The average molecular weight is 559 g/mol. The number of amides is 1. The van der Waals surface area contributed by atoms with Gasteiger partial charge in [-0.2, -0.15) is 0 Å². The molecule has 1 aliphatic heterocycles. The lowest BCUT2D eigenvalue weighted by molar-refractivity contribution is 0.0930. The topological polar surface area (TPSA) is 68.6 Å². The highest BCUT2D eigenvalue weighted by molar-refractivity contribution is 7.99. The van der Waals surface area contributed by atoms with Gasteiger partial charge in [-0.15, -0.1) is 0 Å². The van der Waals surface area contributed by atoms with Crippen LogP contribution in [0.2, 0.25) is 0 Å². The van der Waals surface area contributed by atoms with E-state index in [1.165, 1.54) is 23.6 Å². The molecule has 8 heteroatoms. The number of rotatable bonds is 11. The van der Waals surface area contributed by atoms with Crippen LogP contribution in [0.5, 0.6) is 11.5 Å². The maximum atomic E-state index is 13.5. The Morgan fingerprint density at radius 2 is 1.85 bits per heavy atom. The average Bonchev–Trinajstić information content (AvgIpc) is 3.40. The molecule has 1 saturated heterocycles. The smallest absolute Gasteiger partial charge is 0.255 e. The van der Waals surface area contributed by atoms with Gasteiger partial charge in [-0.1, -0.05) is 48.2 Å². The standard InChI is InChI=1S/C32H38N4O3S/c1-35-20-16-33-32(35)40-27-14-18-36(19-15-27)17-6-9-29(25-11-10-23-7-4-5-8-24(23)21-25)34-31(37)28-13-12-26(38-2)22-30(28)39-3/h4-5,7-8,10-13,16,20-22,27,29H,6,9,14-15,17-19H2,1-3H3,(H,34,37). The molecule has 3 aromatic carbocycles.